The van der Waals surface area contributed by atoms with Gasteiger partial charge in [-0.3, -0.25) is 19.5 Å². The number of aromatic nitrogens is 3. The van der Waals surface area contributed by atoms with Crippen LogP contribution in [0.2, 0.25) is 0 Å². The fraction of sp³-hybridized carbons (Fsp3) is 0.833. The molecule has 13 atom stereocenters. The van der Waals surface area contributed by atoms with Crippen LogP contribution in [0.3, 0.4) is 0 Å². The van der Waals surface area contributed by atoms with Crippen molar-refractivity contribution in [2.24, 2.45) is 28.7 Å². The molecule has 2 radical (unpaired) electrons. The maximum absolute atomic E-state index is 14.3. The molecule has 3 fully saturated rings. The minimum Gasteiger partial charge on any atom is -0.458 e. The van der Waals surface area contributed by atoms with Gasteiger partial charge < -0.3 is 38.3 Å². The molecule has 0 spiro atoms. The SMILES string of the molecule is [B]n1cc(CCN(C)[C@H]2C[C@@H](C)O[C@@H](O[C@@H]3[C@@H](C)C(=O)[C@@H](C)C(=O)O[C@H](CC)[C@@]4(C)OC(=O)N5CCN=C([C@H](C)C[C@@]3(C)OC)[C@H](C)[C@H]54)[C@@H]2O)nn1. The van der Waals surface area contributed by atoms with Crippen molar-refractivity contribution in [2.45, 2.75) is 135 Å². The highest BCUT2D eigenvalue weighted by Crippen LogP contribution is 2.44. The zero-order valence-electron chi connectivity index (χ0n) is 32.4. The zero-order valence-corrected chi connectivity index (χ0v) is 32.4. The average molecular weight is 729 g/mol. The lowest BCUT2D eigenvalue weighted by Crippen LogP contribution is -2.60. The van der Waals surface area contributed by atoms with E-state index in [0.29, 0.717) is 45.3 Å². The third kappa shape index (κ3) is 7.68. The topological polar surface area (TPSA) is 167 Å². The molecular formula is C36H57BN6O9. The molecule has 3 saturated heterocycles. The number of hydrogen-bond donors (Lipinski definition) is 1. The second-order valence-corrected chi connectivity index (χ2v) is 15.7. The van der Waals surface area contributed by atoms with Gasteiger partial charge in [0, 0.05) is 56.4 Å². The van der Waals surface area contributed by atoms with Crippen molar-refractivity contribution >= 4 is 31.5 Å². The number of nitrogens with zero attached hydrogens (tertiary/aromatic N) is 6. The zero-order chi connectivity index (χ0) is 38.3. The molecule has 1 N–H and O–H groups in total. The number of methoxy groups -OCH3 is 1. The summed E-state index contributed by atoms with van der Waals surface area (Å²) in [6.07, 6.45) is -1.18. The van der Waals surface area contributed by atoms with Crippen LogP contribution in [0.25, 0.3) is 0 Å². The summed E-state index contributed by atoms with van der Waals surface area (Å²) in [5.41, 5.74) is -0.683. The number of fused-ring (bicyclic) bond motifs is 1. The van der Waals surface area contributed by atoms with Gasteiger partial charge in [-0.1, -0.05) is 32.9 Å². The van der Waals surface area contributed by atoms with Crippen molar-refractivity contribution in [1.82, 2.24) is 24.7 Å². The number of carbonyl (C=O) groups is 3. The van der Waals surface area contributed by atoms with Crippen LogP contribution in [0.1, 0.15) is 80.3 Å². The fourth-order valence-corrected chi connectivity index (χ4v) is 9.11. The second-order valence-electron chi connectivity index (χ2n) is 15.7. The summed E-state index contributed by atoms with van der Waals surface area (Å²) >= 11 is 0. The average Bonchev–Trinajstić information content (AvgIpc) is 3.57. The Balaban J connectivity index is 1.49. The molecule has 0 aromatic carbocycles. The first kappa shape index (κ1) is 40.3. The highest BCUT2D eigenvalue weighted by Gasteiger charge is 2.60. The summed E-state index contributed by atoms with van der Waals surface area (Å²) in [6, 6.07) is -0.799. The number of amides is 1. The summed E-state index contributed by atoms with van der Waals surface area (Å²) in [6.45, 7) is 16.2. The molecule has 0 unspecified atom stereocenters. The number of cyclic esters (lactones) is 1. The number of Topliss-reactive ketones (excluding diaryl/α,β-unsaturated/α-hetero) is 1. The van der Waals surface area contributed by atoms with Crippen LogP contribution in [0.4, 0.5) is 4.79 Å². The molecule has 15 nitrogen and oxygen atoms in total. The van der Waals surface area contributed by atoms with Gasteiger partial charge in [0.25, 0.3) is 7.98 Å². The maximum Gasteiger partial charge on any atom is 0.410 e. The van der Waals surface area contributed by atoms with Crippen molar-refractivity contribution in [2.75, 3.05) is 33.8 Å². The van der Waals surface area contributed by atoms with Gasteiger partial charge in [0.2, 0.25) is 0 Å². The number of ketones is 1. The number of esters is 1. The van der Waals surface area contributed by atoms with E-state index in [1.807, 2.05) is 46.6 Å². The van der Waals surface area contributed by atoms with Gasteiger partial charge in [0.15, 0.2) is 17.7 Å². The van der Waals surface area contributed by atoms with Crippen LogP contribution in [0.15, 0.2) is 11.2 Å². The Bertz CT molecular complexity index is 1500. The summed E-state index contributed by atoms with van der Waals surface area (Å²) in [4.78, 5) is 50.2. The third-order valence-electron chi connectivity index (χ3n) is 12.0. The first-order valence-electron chi connectivity index (χ1n) is 18.6. The third-order valence-corrected chi connectivity index (χ3v) is 12.0. The van der Waals surface area contributed by atoms with Crippen molar-refractivity contribution in [3.8, 4) is 0 Å². The fourth-order valence-electron chi connectivity index (χ4n) is 9.11. The number of ether oxygens (including phenoxy) is 5. The number of hydrogen-bond acceptors (Lipinski definition) is 13. The predicted molar refractivity (Wildman–Crippen MR) is 191 cm³/mol. The van der Waals surface area contributed by atoms with Crippen LogP contribution in [-0.4, -0.2) is 149 Å². The lowest BCUT2D eigenvalue weighted by molar-refractivity contribution is -0.295. The van der Waals surface area contributed by atoms with Gasteiger partial charge >= 0.3 is 12.1 Å². The predicted octanol–water partition coefficient (Wildman–Crippen LogP) is 2.21. The summed E-state index contributed by atoms with van der Waals surface area (Å²) in [5.74, 6) is -3.61. The minimum atomic E-state index is -1.17. The Morgan fingerprint density at radius 2 is 1.85 bits per heavy atom. The quantitative estimate of drug-likeness (QED) is 0.236. The van der Waals surface area contributed by atoms with E-state index in [-0.39, 0.29) is 24.0 Å². The van der Waals surface area contributed by atoms with Gasteiger partial charge in [-0.2, -0.15) is 0 Å². The van der Waals surface area contributed by atoms with E-state index in [9.17, 15) is 19.5 Å². The first-order chi connectivity index (χ1) is 24.4. The Kier molecular flexibility index (Phi) is 12.3. The molecule has 4 aliphatic heterocycles. The Hall–Kier alpha value is -2.92. The molecule has 1 aromatic heterocycles. The van der Waals surface area contributed by atoms with Crippen LogP contribution < -0.4 is 0 Å². The molecule has 2 bridgehead atoms. The molecule has 0 saturated carbocycles. The standard InChI is InChI=1S/C36H57BN6O9/c1-11-26-36(8)30-21(4)27(38-13-15-42(30)34(47)52-36)19(2)17-35(7,48-10)31(22(5)28(44)23(6)32(46)50-26)51-33-29(45)25(16-20(3)49-33)41(9)14-12-24-18-43(37)40-39-24/h18-23,25-26,29-31,33,45H,11-17H2,1-10H3/t19-,20-,21+,22+,23-,25+,26-,29-,30+,31-,33+,35-,36-/m1/s1. The smallest absolute Gasteiger partial charge is 0.410 e. The van der Waals surface area contributed by atoms with Crippen LogP contribution >= 0.6 is 0 Å². The lowest BCUT2D eigenvalue weighted by atomic mass is 9.73. The molecule has 5 rings (SSSR count). The number of rotatable bonds is 8. The van der Waals surface area contributed by atoms with Crippen LogP contribution in [0, 0.1) is 23.7 Å². The molecule has 4 aliphatic rings. The second kappa shape index (κ2) is 15.8. The first-order valence-corrected chi connectivity index (χ1v) is 18.6. The maximum atomic E-state index is 14.3. The van der Waals surface area contributed by atoms with Gasteiger partial charge in [0.1, 0.15) is 18.1 Å². The molecule has 0 aliphatic carbocycles. The van der Waals surface area contributed by atoms with Gasteiger partial charge in [-0.05, 0) is 59.9 Å². The highest BCUT2D eigenvalue weighted by molar-refractivity contribution is 6.05. The summed E-state index contributed by atoms with van der Waals surface area (Å²) in [7, 11) is 9.16. The van der Waals surface area contributed by atoms with E-state index in [0.717, 1.165) is 16.0 Å². The molecular weight excluding hydrogens is 671 g/mol. The van der Waals surface area contributed by atoms with Gasteiger partial charge in [0.05, 0.1) is 36.1 Å². The van der Waals surface area contributed by atoms with Crippen molar-refractivity contribution in [1.29, 1.82) is 0 Å². The molecule has 16 heteroatoms. The van der Waals surface area contributed by atoms with Crippen LogP contribution in [-0.2, 0) is 39.7 Å². The Morgan fingerprint density at radius 3 is 2.48 bits per heavy atom. The number of aliphatic imine (C=N–C) groups is 1. The number of carbonyl (C=O) groups excluding carboxylic acids is 3. The van der Waals surface area contributed by atoms with Crippen LogP contribution in [0.5, 0.6) is 0 Å². The van der Waals surface area contributed by atoms with E-state index in [1.54, 1.807) is 25.1 Å². The molecule has 1 amide bonds. The number of aliphatic hydroxyl groups is 1. The largest absolute Gasteiger partial charge is 0.458 e. The van der Waals surface area contributed by atoms with E-state index >= 15 is 0 Å². The Morgan fingerprint density at radius 1 is 1.13 bits per heavy atom. The number of aliphatic hydroxyl groups excluding tert-OH is 1. The van der Waals surface area contributed by atoms with Crippen molar-refractivity contribution < 1.29 is 43.2 Å². The monoisotopic (exact) mass is 728 g/mol. The summed E-state index contributed by atoms with van der Waals surface area (Å²) < 4.78 is 32.6. The molecule has 288 valence electrons. The lowest BCUT2D eigenvalue weighted by Gasteiger charge is -2.47. The van der Waals surface area contributed by atoms with E-state index in [4.69, 9.17) is 36.7 Å². The molecule has 52 heavy (non-hydrogen) atoms. The normalized spacial score (nSPS) is 40.5. The van der Waals surface area contributed by atoms with Gasteiger partial charge in [-0.15, -0.1) is 5.10 Å². The van der Waals surface area contributed by atoms with Crippen molar-refractivity contribution in [3.63, 3.8) is 0 Å². The minimum absolute atomic E-state index is 0.183. The van der Waals surface area contributed by atoms with E-state index in [2.05, 4.69) is 17.2 Å². The highest BCUT2D eigenvalue weighted by atomic mass is 16.7. The Labute approximate surface area is 308 Å². The summed E-state index contributed by atoms with van der Waals surface area (Å²) in [5, 5.41) is 19.7. The van der Waals surface area contributed by atoms with Crippen molar-refractivity contribution in [3.05, 3.63) is 11.9 Å². The number of likely N-dealkylation sites (N-methyl/N-ethyl adjacent to an activating group) is 1. The van der Waals surface area contributed by atoms with E-state index < -0.39 is 71.5 Å². The molecule has 5 heterocycles. The van der Waals surface area contributed by atoms with Gasteiger partial charge in [-0.25, -0.2) is 4.79 Å². The van der Waals surface area contributed by atoms with E-state index in [1.165, 1.54) is 6.92 Å². The molecule has 1 aromatic rings.